The Morgan fingerprint density at radius 1 is 0.913 bits per heavy atom. The molecule has 1 aliphatic rings. The van der Waals surface area contributed by atoms with Gasteiger partial charge in [0.1, 0.15) is 6.33 Å². The topological polar surface area (TPSA) is 34.0 Å². The average Bonchev–Trinajstić information content (AvgIpc) is 2.62. The van der Waals surface area contributed by atoms with Crippen molar-refractivity contribution in [2.45, 2.75) is 13.0 Å². The van der Waals surface area contributed by atoms with Crippen molar-refractivity contribution in [2.24, 2.45) is 0 Å². The highest BCUT2D eigenvalue weighted by Crippen LogP contribution is 2.21. The van der Waals surface area contributed by atoms with Crippen molar-refractivity contribution in [3.63, 3.8) is 0 Å². The molecule has 0 radical (unpaired) electrons. The minimum atomic E-state index is 0.528. The predicted octanol–water partition coefficient (Wildman–Crippen LogP) is 3.56. The van der Waals surface area contributed by atoms with Gasteiger partial charge in [0.2, 0.25) is 10.7 Å². The number of nitrogens with zero attached hydrogens (tertiary/aromatic N) is 4. The van der Waals surface area contributed by atoms with Gasteiger partial charge in [0.25, 0.3) is 0 Å². The zero-order valence-electron chi connectivity index (χ0n) is 12.6. The second-order valence-electron chi connectivity index (χ2n) is 5.58. The molecule has 0 atom stereocenters. The summed E-state index contributed by atoms with van der Waals surface area (Å²) in [4.78, 5) is 11.3. The van der Waals surface area contributed by atoms with Gasteiger partial charge in [-0.2, -0.15) is 4.98 Å². The minimum absolute atomic E-state index is 0.528. The zero-order valence-corrected chi connectivity index (χ0v) is 13.4. The van der Waals surface area contributed by atoms with Crippen LogP contribution in [0.3, 0.4) is 0 Å². The molecule has 1 aliphatic heterocycles. The average molecular weight is 320 g/mol. The van der Waals surface area contributed by atoms with Crippen LogP contribution in [0, 0.1) is 4.77 Å². The lowest BCUT2D eigenvalue weighted by Crippen LogP contribution is -2.32. The molecule has 23 heavy (non-hydrogen) atoms. The highest BCUT2D eigenvalue weighted by atomic mass is 32.1. The molecule has 2 heterocycles. The summed E-state index contributed by atoms with van der Waals surface area (Å²) in [6, 6.07) is 18.5. The molecule has 2 aromatic carbocycles. The van der Waals surface area contributed by atoms with Crippen LogP contribution in [0.15, 0.2) is 60.9 Å². The predicted molar refractivity (Wildman–Crippen MR) is 93.4 cm³/mol. The number of anilines is 1. The first-order valence-corrected chi connectivity index (χ1v) is 8.05. The maximum absolute atomic E-state index is 5.45. The summed E-state index contributed by atoms with van der Waals surface area (Å²) in [6.45, 7) is 1.75. The molecule has 0 saturated carbocycles. The Labute approximate surface area is 140 Å². The van der Waals surface area contributed by atoms with E-state index in [9.17, 15) is 0 Å². The highest BCUT2D eigenvalue weighted by molar-refractivity contribution is 7.71. The molecule has 4 rings (SSSR count). The Bertz CT molecular complexity index is 889. The lowest BCUT2D eigenvalue weighted by atomic mass is 10.0. The molecule has 0 unspecified atom stereocenters. The van der Waals surface area contributed by atoms with Gasteiger partial charge in [-0.25, -0.2) is 4.98 Å². The first kappa shape index (κ1) is 14.1. The molecule has 1 aromatic heterocycles. The van der Waals surface area contributed by atoms with Gasteiger partial charge in [-0.1, -0.05) is 42.5 Å². The Morgan fingerprint density at radius 3 is 2.43 bits per heavy atom. The van der Waals surface area contributed by atoms with E-state index in [-0.39, 0.29) is 0 Å². The Balaban J connectivity index is 1.64. The maximum atomic E-state index is 5.45. The van der Waals surface area contributed by atoms with E-state index in [1.807, 2.05) is 34.9 Å². The summed E-state index contributed by atoms with van der Waals surface area (Å²) in [5.41, 5.74) is 3.73. The third kappa shape index (κ3) is 2.75. The SMILES string of the molecule is S=c1nc(N2CCc3ccccc3C2)ncn1-c1ccccc1. The molecule has 0 aliphatic carbocycles. The molecule has 0 bridgehead atoms. The molecular formula is C18H16N4S. The van der Waals surface area contributed by atoms with Crippen LogP contribution in [0.5, 0.6) is 0 Å². The molecular weight excluding hydrogens is 304 g/mol. The van der Waals surface area contributed by atoms with Crippen molar-refractivity contribution in [3.8, 4) is 5.69 Å². The molecule has 0 spiro atoms. The van der Waals surface area contributed by atoms with E-state index in [0.717, 1.165) is 25.2 Å². The number of hydrogen-bond donors (Lipinski definition) is 0. The summed E-state index contributed by atoms with van der Waals surface area (Å²) < 4.78 is 2.36. The normalized spacial score (nSPS) is 13.7. The summed E-state index contributed by atoms with van der Waals surface area (Å²) >= 11 is 5.45. The summed E-state index contributed by atoms with van der Waals surface area (Å²) in [7, 11) is 0. The Kier molecular flexibility index (Phi) is 3.63. The number of fused-ring (bicyclic) bond motifs is 1. The van der Waals surface area contributed by atoms with Crippen LogP contribution in [0.2, 0.25) is 0 Å². The van der Waals surface area contributed by atoms with Gasteiger partial charge >= 0.3 is 0 Å². The maximum Gasteiger partial charge on any atom is 0.229 e. The monoisotopic (exact) mass is 320 g/mol. The lowest BCUT2D eigenvalue weighted by molar-refractivity contribution is 0.697. The van der Waals surface area contributed by atoms with Crippen LogP contribution in [-0.2, 0) is 13.0 Å². The number of para-hydroxylation sites is 1. The van der Waals surface area contributed by atoms with Crippen LogP contribution in [0.25, 0.3) is 5.69 Å². The first-order valence-electron chi connectivity index (χ1n) is 7.64. The van der Waals surface area contributed by atoms with Crippen molar-refractivity contribution < 1.29 is 0 Å². The number of hydrogen-bond acceptors (Lipinski definition) is 4. The van der Waals surface area contributed by atoms with Crippen molar-refractivity contribution >= 4 is 18.2 Å². The molecule has 0 amide bonds. The fourth-order valence-electron chi connectivity index (χ4n) is 2.91. The van der Waals surface area contributed by atoms with E-state index in [1.165, 1.54) is 11.1 Å². The van der Waals surface area contributed by atoms with Crippen molar-refractivity contribution in [1.29, 1.82) is 0 Å². The van der Waals surface area contributed by atoms with E-state index in [0.29, 0.717) is 10.7 Å². The van der Waals surface area contributed by atoms with E-state index >= 15 is 0 Å². The quantitative estimate of drug-likeness (QED) is 0.676. The molecule has 4 nitrogen and oxygen atoms in total. The molecule has 3 aromatic rings. The number of rotatable bonds is 2. The van der Waals surface area contributed by atoms with Gasteiger partial charge in [-0.05, 0) is 41.9 Å². The second kappa shape index (κ2) is 5.93. The molecule has 5 heteroatoms. The smallest absolute Gasteiger partial charge is 0.229 e. The minimum Gasteiger partial charge on any atom is -0.336 e. The standard InChI is InChI=1S/C18H16N4S/c23-18-20-17(19-13-22(18)16-8-2-1-3-9-16)21-11-10-14-6-4-5-7-15(14)12-21/h1-9,13H,10-12H2. The molecule has 114 valence electrons. The molecule has 0 N–H and O–H groups in total. The third-order valence-corrected chi connectivity index (χ3v) is 4.43. The van der Waals surface area contributed by atoms with Crippen LogP contribution < -0.4 is 4.90 Å². The van der Waals surface area contributed by atoms with Gasteiger partial charge < -0.3 is 4.90 Å². The van der Waals surface area contributed by atoms with Crippen molar-refractivity contribution in [3.05, 3.63) is 76.8 Å². The number of aromatic nitrogens is 3. The highest BCUT2D eigenvalue weighted by Gasteiger charge is 2.18. The summed E-state index contributed by atoms with van der Waals surface area (Å²) in [5, 5.41) is 0. The van der Waals surface area contributed by atoms with Gasteiger partial charge in [-0.3, -0.25) is 4.57 Å². The van der Waals surface area contributed by atoms with E-state index in [2.05, 4.69) is 39.1 Å². The Hall–Kier alpha value is -2.53. The van der Waals surface area contributed by atoms with Crippen LogP contribution in [-0.4, -0.2) is 21.1 Å². The van der Waals surface area contributed by atoms with Crippen molar-refractivity contribution in [2.75, 3.05) is 11.4 Å². The lowest BCUT2D eigenvalue weighted by Gasteiger charge is -2.28. The zero-order chi connectivity index (χ0) is 15.6. The van der Waals surface area contributed by atoms with Gasteiger partial charge in [0.15, 0.2) is 0 Å². The first-order chi connectivity index (χ1) is 11.3. The van der Waals surface area contributed by atoms with Gasteiger partial charge in [0, 0.05) is 18.8 Å². The third-order valence-electron chi connectivity index (χ3n) is 4.14. The van der Waals surface area contributed by atoms with Crippen molar-refractivity contribution in [1.82, 2.24) is 14.5 Å². The fraction of sp³-hybridized carbons (Fsp3) is 0.167. The van der Waals surface area contributed by atoms with Gasteiger partial charge in [-0.15, -0.1) is 0 Å². The molecule has 0 fully saturated rings. The summed E-state index contributed by atoms with van der Waals surface area (Å²) in [5.74, 6) is 0.705. The molecule has 0 saturated heterocycles. The van der Waals surface area contributed by atoms with Crippen LogP contribution in [0.1, 0.15) is 11.1 Å². The fourth-order valence-corrected chi connectivity index (χ4v) is 3.15. The summed E-state index contributed by atoms with van der Waals surface area (Å²) in [6.07, 6.45) is 2.78. The van der Waals surface area contributed by atoms with Crippen LogP contribution >= 0.6 is 12.2 Å². The van der Waals surface area contributed by atoms with E-state index in [4.69, 9.17) is 12.2 Å². The second-order valence-corrected chi connectivity index (χ2v) is 5.95. The van der Waals surface area contributed by atoms with E-state index in [1.54, 1.807) is 6.33 Å². The largest absolute Gasteiger partial charge is 0.336 e. The van der Waals surface area contributed by atoms with Crippen LogP contribution in [0.4, 0.5) is 5.95 Å². The number of benzene rings is 2. The Morgan fingerprint density at radius 2 is 1.65 bits per heavy atom. The van der Waals surface area contributed by atoms with Gasteiger partial charge in [0.05, 0.1) is 0 Å². The van der Waals surface area contributed by atoms with E-state index < -0.39 is 0 Å².